The van der Waals surface area contributed by atoms with E-state index in [1.807, 2.05) is 47.2 Å². The summed E-state index contributed by atoms with van der Waals surface area (Å²) in [6.45, 7) is 6.58. The van der Waals surface area contributed by atoms with E-state index in [0.29, 0.717) is 22.0 Å². The van der Waals surface area contributed by atoms with Crippen LogP contribution in [0.15, 0.2) is 79.1 Å². The highest BCUT2D eigenvalue weighted by molar-refractivity contribution is 7.80. The van der Waals surface area contributed by atoms with Crippen molar-refractivity contribution >= 4 is 51.9 Å². The summed E-state index contributed by atoms with van der Waals surface area (Å²) in [6.07, 6.45) is 4.96. The quantitative estimate of drug-likeness (QED) is 0.237. The van der Waals surface area contributed by atoms with Crippen LogP contribution in [0.3, 0.4) is 0 Å². The molecule has 0 spiro atoms. The van der Waals surface area contributed by atoms with Crippen molar-refractivity contribution in [3.8, 4) is 5.69 Å². The Bertz CT molecular complexity index is 1530. The maximum Gasteiger partial charge on any atom is 0.174 e. The van der Waals surface area contributed by atoms with Crippen LogP contribution in [0, 0.1) is 17.7 Å². The molecular weight excluding hydrogens is 564 g/mol. The summed E-state index contributed by atoms with van der Waals surface area (Å²) in [4.78, 5) is 9.15. The molecule has 4 heterocycles. The Labute approximate surface area is 249 Å². The lowest BCUT2D eigenvalue weighted by Gasteiger charge is -2.37. The summed E-state index contributed by atoms with van der Waals surface area (Å²) in [7, 11) is 0. The zero-order valence-electron chi connectivity index (χ0n) is 22.3. The van der Waals surface area contributed by atoms with Gasteiger partial charge in [0.2, 0.25) is 0 Å². The number of hydrogen-bond donors (Lipinski definition) is 1. The maximum atomic E-state index is 14.0. The Kier molecular flexibility index (Phi) is 7.46. The fourth-order valence-electron chi connectivity index (χ4n) is 6.20. The van der Waals surface area contributed by atoms with E-state index in [4.69, 9.17) is 35.4 Å². The lowest BCUT2D eigenvalue weighted by atomic mass is 9.91. The first-order valence-electron chi connectivity index (χ1n) is 13.5. The Balaban J connectivity index is 1.43. The van der Waals surface area contributed by atoms with Gasteiger partial charge in [-0.15, -0.1) is 0 Å². The second kappa shape index (κ2) is 11.0. The smallest absolute Gasteiger partial charge is 0.174 e. The highest BCUT2D eigenvalue weighted by atomic mass is 35.5. The summed E-state index contributed by atoms with van der Waals surface area (Å²) in [5.74, 6) is 0.778. The summed E-state index contributed by atoms with van der Waals surface area (Å²) in [6, 6.07) is 20.3. The minimum atomic E-state index is -0.456. The van der Waals surface area contributed by atoms with Crippen LogP contribution in [-0.2, 0) is 0 Å². The summed E-state index contributed by atoms with van der Waals surface area (Å²) >= 11 is 19.1. The topological polar surface area (TPSA) is 36.3 Å². The van der Waals surface area contributed by atoms with E-state index in [-0.39, 0.29) is 17.1 Å². The van der Waals surface area contributed by atoms with Gasteiger partial charge in [-0.1, -0.05) is 43.1 Å². The number of nitrogens with zero attached hydrogens (tertiary/aromatic N) is 4. The van der Waals surface area contributed by atoms with Crippen LogP contribution >= 0.6 is 35.4 Å². The first-order chi connectivity index (χ1) is 19.3. The molecule has 0 aliphatic carbocycles. The van der Waals surface area contributed by atoms with Gasteiger partial charge in [0.25, 0.3) is 0 Å². The molecule has 0 amide bonds. The monoisotopic (exact) mass is 593 g/mol. The van der Waals surface area contributed by atoms with Gasteiger partial charge in [0.15, 0.2) is 5.11 Å². The Morgan fingerprint density at radius 2 is 1.68 bits per heavy atom. The lowest BCUT2D eigenvalue weighted by Crippen LogP contribution is -2.38. The molecule has 6 rings (SSSR count). The van der Waals surface area contributed by atoms with Crippen molar-refractivity contribution in [3.05, 3.63) is 106 Å². The van der Waals surface area contributed by atoms with Gasteiger partial charge in [0.1, 0.15) is 11.9 Å². The van der Waals surface area contributed by atoms with Crippen molar-refractivity contribution in [2.45, 2.75) is 32.4 Å². The normalized spacial score (nSPS) is 23.0. The predicted octanol–water partition coefficient (Wildman–Crippen LogP) is 7.98. The second-order valence-corrected chi connectivity index (χ2v) is 12.1. The number of aromatic nitrogens is 2. The van der Waals surface area contributed by atoms with Crippen LogP contribution in [-0.4, -0.2) is 27.8 Å². The number of halogens is 3. The number of nitrogens with one attached hydrogen (secondary N) is 1. The third-order valence-corrected chi connectivity index (χ3v) is 8.69. The molecule has 40 heavy (non-hydrogen) atoms. The van der Waals surface area contributed by atoms with Crippen LogP contribution in [0.2, 0.25) is 10.0 Å². The molecule has 2 saturated heterocycles. The average molecular weight is 595 g/mol. The number of pyridine rings is 1. The largest absolute Gasteiger partial charge is 0.370 e. The zero-order valence-corrected chi connectivity index (χ0v) is 24.6. The molecule has 1 N–H and O–H groups in total. The van der Waals surface area contributed by atoms with Gasteiger partial charge in [-0.3, -0.25) is 4.98 Å². The Morgan fingerprint density at radius 1 is 0.925 bits per heavy atom. The molecule has 0 bridgehead atoms. The highest BCUT2D eigenvalue weighted by Crippen LogP contribution is 2.44. The van der Waals surface area contributed by atoms with E-state index in [1.54, 1.807) is 18.3 Å². The van der Waals surface area contributed by atoms with Crippen LogP contribution in [0.4, 0.5) is 15.8 Å². The molecule has 206 valence electrons. The summed E-state index contributed by atoms with van der Waals surface area (Å²) in [5.41, 5.74) is 4.50. The van der Waals surface area contributed by atoms with Crippen LogP contribution in [0.25, 0.3) is 5.69 Å². The zero-order chi connectivity index (χ0) is 28.0. The molecule has 9 heteroatoms. The molecule has 2 aromatic carbocycles. The number of thiocarbonyl (C=S) groups is 1. The van der Waals surface area contributed by atoms with Crippen LogP contribution < -0.4 is 15.1 Å². The standard InChI is InChI=1S/C31H30Cl2FN5S/c1-19-14-20(2)18-37(17-19)27-11-9-22(16-24(27)33)39-30(29(36-31(39)40)26-6-3-4-12-35-26)28-7-5-13-38(28)21-8-10-25(34)23(32)15-21/h3-13,15-16,19-20,29-30H,14,17-18H2,1-2H3,(H,36,40)/t19-,20+,29-,30-/m1/s1. The number of piperidine rings is 1. The van der Waals surface area contributed by atoms with Crippen molar-refractivity contribution < 1.29 is 4.39 Å². The minimum absolute atomic E-state index is 0.0686. The number of anilines is 2. The van der Waals surface area contributed by atoms with E-state index < -0.39 is 5.82 Å². The number of benzene rings is 2. The summed E-state index contributed by atoms with van der Waals surface area (Å²) < 4.78 is 16.0. The Morgan fingerprint density at radius 3 is 2.38 bits per heavy atom. The van der Waals surface area contributed by atoms with Gasteiger partial charge in [-0.2, -0.15) is 0 Å². The molecule has 5 nitrogen and oxygen atoms in total. The van der Waals surface area contributed by atoms with Crippen molar-refractivity contribution in [1.29, 1.82) is 0 Å². The molecule has 0 radical (unpaired) electrons. The average Bonchev–Trinajstić information content (AvgIpc) is 3.54. The molecule has 2 fully saturated rings. The molecular formula is C31H30Cl2FN5S. The first kappa shape index (κ1) is 27.1. The van der Waals surface area contributed by atoms with E-state index >= 15 is 0 Å². The van der Waals surface area contributed by atoms with Crippen molar-refractivity contribution in [3.63, 3.8) is 0 Å². The molecule has 2 aliphatic heterocycles. The third kappa shape index (κ3) is 5.06. The first-order valence-corrected chi connectivity index (χ1v) is 14.6. The Hall–Kier alpha value is -3.13. The van der Waals surface area contributed by atoms with E-state index in [2.05, 4.69) is 46.1 Å². The van der Waals surface area contributed by atoms with Gasteiger partial charge >= 0.3 is 0 Å². The third-order valence-electron chi connectivity index (χ3n) is 7.78. The SMILES string of the molecule is C[C@@H]1C[C@H](C)CN(c2ccc(N3C(=S)N[C@H](c4ccccn4)[C@H]3c3cccn3-c3ccc(F)c(Cl)c3)cc2Cl)C1. The van der Waals surface area contributed by atoms with Crippen molar-refractivity contribution in [2.75, 3.05) is 22.9 Å². The second-order valence-electron chi connectivity index (χ2n) is 10.9. The molecule has 0 unspecified atom stereocenters. The molecule has 0 saturated carbocycles. The maximum absolute atomic E-state index is 14.0. The van der Waals surface area contributed by atoms with E-state index in [1.165, 1.54) is 12.5 Å². The molecule has 4 aromatic rings. The van der Waals surface area contributed by atoms with Crippen LogP contribution in [0.1, 0.15) is 43.7 Å². The molecule has 4 atom stereocenters. The lowest BCUT2D eigenvalue weighted by molar-refractivity contribution is 0.357. The molecule has 2 aliphatic rings. The van der Waals surface area contributed by atoms with Crippen molar-refractivity contribution in [2.24, 2.45) is 11.8 Å². The predicted molar refractivity (Wildman–Crippen MR) is 165 cm³/mol. The van der Waals surface area contributed by atoms with Gasteiger partial charge in [0.05, 0.1) is 27.5 Å². The minimum Gasteiger partial charge on any atom is -0.370 e. The van der Waals surface area contributed by atoms with E-state index in [0.717, 1.165) is 41.5 Å². The fraction of sp³-hybridized carbons (Fsp3) is 0.290. The van der Waals surface area contributed by atoms with Gasteiger partial charge < -0.3 is 19.7 Å². The highest BCUT2D eigenvalue weighted by Gasteiger charge is 2.42. The number of rotatable bonds is 5. The fourth-order valence-corrected chi connectivity index (χ4v) is 7.02. The van der Waals surface area contributed by atoms with E-state index in [9.17, 15) is 4.39 Å². The van der Waals surface area contributed by atoms with Crippen LogP contribution in [0.5, 0.6) is 0 Å². The summed E-state index contributed by atoms with van der Waals surface area (Å²) in [5, 5.41) is 4.85. The molecule has 2 aromatic heterocycles. The van der Waals surface area contributed by atoms with Gasteiger partial charge in [-0.05, 0) is 91.1 Å². The van der Waals surface area contributed by atoms with Gasteiger partial charge in [0, 0.05) is 42.6 Å². The van der Waals surface area contributed by atoms with Gasteiger partial charge in [-0.25, -0.2) is 4.39 Å². The number of hydrogen-bond acceptors (Lipinski definition) is 3. The van der Waals surface area contributed by atoms with Crippen molar-refractivity contribution in [1.82, 2.24) is 14.9 Å².